The minimum atomic E-state index is -0.0996. The summed E-state index contributed by atoms with van der Waals surface area (Å²) in [4.78, 5) is 12.5. The van der Waals surface area contributed by atoms with Gasteiger partial charge in [-0.1, -0.05) is 49.2 Å². The van der Waals surface area contributed by atoms with Gasteiger partial charge in [0.05, 0.1) is 0 Å². The van der Waals surface area contributed by atoms with E-state index in [1.165, 1.54) is 12.8 Å². The van der Waals surface area contributed by atoms with Crippen LogP contribution >= 0.6 is 0 Å². The van der Waals surface area contributed by atoms with Crippen molar-refractivity contribution in [2.75, 3.05) is 0 Å². The highest BCUT2D eigenvalue weighted by Gasteiger charge is 2.38. The van der Waals surface area contributed by atoms with Crippen LogP contribution in [0.15, 0.2) is 43.0 Å². The first kappa shape index (κ1) is 12.1. The van der Waals surface area contributed by atoms with E-state index in [4.69, 9.17) is 0 Å². The van der Waals surface area contributed by atoms with Crippen LogP contribution in [0, 0.1) is 5.41 Å². The van der Waals surface area contributed by atoms with Crippen LogP contribution in [0.4, 0.5) is 0 Å². The molecule has 0 amide bonds. The highest BCUT2D eigenvalue weighted by atomic mass is 16.1. The lowest BCUT2D eigenvalue weighted by atomic mass is 9.76. The predicted octanol–water partition coefficient (Wildman–Crippen LogP) is 3.93. The zero-order valence-corrected chi connectivity index (χ0v) is 10.3. The van der Waals surface area contributed by atoms with E-state index in [1.807, 2.05) is 36.4 Å². The summed E-state index contributed by atoms with van der Waals surface area (Å²) in [7, 11) is 0. The number of carbonyl (C=O) groups excluding carboxylic acids is 1. The van der Waals surface area contributed by atoms with E-state index >= 15 is 0 Å². The summed E-state index contributed by atoms with van der Waals surface area (Å²) in [6.45, 7) is 3.81. The summed E-state index contributed by atoms with van der Waals surface area (Å²) in [5.41, 5.74) is 1.03. The number of carbonyl (C=O) groups is 1. The Morgan fingerprint density at radius 2 is 1.88 bits per heavy atom. The average Bonchev–Trinajstić information content (AvgIpc) is 2.81. The van der Waals surface area contributed by atoms with Crippen LogP contribution in [-0.2, 0) is 11.2 Å². The van der Waals surface area contributed by atoms with E-state index in [0.29, 0.717) is 12.2 Å². The van der Waals surface area contributed by atoms with E-state index in [1.54, 1.807) is 0 Å². The third kappa shape index (κ3) is 2.66. The van der Waals surface area contributed by atoms with Crippen molar-refractivity contribution in [1.82, 2.24) is 0 Å². The van der Waals surface area contributed by atoms with Crippen LogP contribution in [0.25, 0.3) is 0 Å². The zero-order valence-electron chi connectivity index (χ0n) is 10.3. The Morgan fingerprint density at radius 3 is 2.47 bits per heavy atom. The van der Waals surface area contributed by atoms with E-state index in [9.17, 15) is 4.79 Å². The molecule has 0 saturated heterocycles. The molecular weight excluding hydrogens is 208 g/mol. The number of allylic oxidation sites excluding steroid dienone is 1. The highest BCUT2D eigenvalue weighted by Crippen LogP contribution is 2.42. The van der Waals surface area contributed by atoms with Gasteiger partial charge in [-0.3, -0.25) is 4.79 Å². The number of ketones is 1. The smallest absolute Gasteiger partial charge is 0.143 e. The summed E-state index contributed by atoms with van der Waals surface area (Å²) in [6.07, 6.45) is 7.81. The summed E-state index contributed by atoms with van der Waals surface area (Å²) in [5.74, 6) is 0.404. The van der Waals surface area contributed by atoms with Crippen LogP contribution in [0.1, 0.15) is 37.7 Å². The molecule has 0 atom stereocenters. The summed E-state index contributed by atoms with van der Waals surface area (Å²) >= 11 is 0. The molecule has 0 spiro atoms. The minimum Gasteiger partial charge on any atom is -0.299 e. The molecule has 0 unspecified atom stereocenters. The van der Waals surface area contributed by atoms with Crippen molar-refractivity contribution >= 4 is 5.78 Å². The standard InChI is InChI=1S/C16H20O/c1-2-10-16(11-6-7-12-16)15(17)13-14-8-4-3-5-9-14/h2-5,8-9H,1,6-7,10-13H2. The first-order valence-corrected chi connectivity index (χ1v) is 6.45. The molecule has 17 heavy (non-hydrogen) atoms. The Bertz CT molecular complexity index is 385. The van der Waals surface area contributed by atoms with Gasteiger partial charge in [0.2, 0.25) is 0 Å². The maximum atomic E-state index is 12.5. The monoisotopic (exact) mass is 228 g/mol. The second-order valence-electron chi connectivity index (χ2n) is 5.07. The Morgan fingerprint density at radius 1 is 1.24 bits per heavy atom. The molecule has 90 valence electrons. The van der Waals surface area contributed by atoms with E-state index in [0.717, 1.165) is 24.8 Å². The zero-order chi connectivity index (χ0) is 12.1. The number of rotatable bonds is 5. The fourth-order valence-corrected chi connectivity index (χ4v) is 2.89. The van der Waals surface area contributed by atoms with Crippen molar-refractivity contribution in [3.8, 4) is 0 Å². The number of hydrogen-bond acceptors (Lipinski definition) is 1. The van der Waals surface area contributed by atoms with E-state index < -0.39 is 0 Å². The van der Waals surface area contributed by atoms with Gasteiger partial charge in [-0.25, -0.2) is 0 Å². The molecule has 1 aliphatic carbocycles. The van der Waals surface area contributed by atoms with Gasteiger partial charge in [0, 0.05) is 11.8 Å². The lowest BCUT2D eigenvalue weighted by molar-refractivity contribution is -0.127. The van der Waals surface area contributed by atoms with Crippen LogP contribution < -0.4 is 0 Å². The van der Waals surface area contributed by atoms with Gasteiger partial charge >= 0.3 is 0 Å². The van der Waals surface area contributed by atoms with Gasteiger partial charge in [-0.2, -0.15) is 0 Å². The third-order valence-electron chi connectivity index (χ3n) is 3.89. The molecule has 1 fully saturated rings. The van der Waals surface area contributed by atoms with Crippen molar-refractivity contribution in [3.05, 3.63) is 48.6 Å². The molecule has 1 aromatic rings. The average molecular weight is 228 g/mol. The van der Waals surface area contributed by atoms with Crippen molar-refractivity contribution in [2.24, 2.45) is 5.41 Å². The molecule has 0 radical (unpaired) electrons. The summed E-state index contributed by atoms with van der Waals surface area (Å²) in [6, 6.07) is 10.1. The Balaban J connectivity index is 2.10. The van der Waals surface area contributed by atoms with Crippen LogP contribution in [0.2, 0.25) is 0 Å². The van der Waals surface area contributed by atoms with Gasteiger partial charge < -0.3 is 0 Å². The SMILES string of the molecule is C=CCC1(C(=O)Cc2ccccc2)CCCC1. The number of hydrogen-bond donors (Lipinski definition) is 0. The first-order chi connectivity index (χ1) is 8.27. The van der Waals surface area contributed by atoms with Gasteiger partial charge in [0.15, 0.2) is 0 Å². The molecular formula is C16H20O. The van der Waals surface area contributed by atoms with Crippen LogP contribution in [0.3, 0.4) is 0 Å². The molecule has 2 rings (SSSR count). The normalized spacial score (nSPS) is 17.9. The Hall–Kier alpha value is -1.37. The molecule has 0 aliphatic heterocycles. The molecule has 1 aliphatic rings. The maximum Gasteiger partial charge on any atom is 0.143 e. The first-order valence-electron chi connectivity index (χ1n) is 6.45. The van der Waals surface area contributed by atoms with Crippen molar-refractivity contribution < 1.29 is 4.79 Å². The third-order valence-corrected chi connectivity index (χ3v) is 3.89. The van der Waals surface area contributed by atoms with Gasteiger partial charge in [0.1, 0.15) is 5.78 Å². The van der Waals surface area contributed by atoms with Crippen molar-refractivity contribution in [2.45, 2.75) is 38.5 Å². The molecule has 1 heteroatoms. The van der Waals surface area contributed by atoms with Crippen LogP contribution in [0.5, 0.6) is 0 Å². The lowest BCUT2D eigenvalue weighted by Crippen LogP contribution is -2.29. The molecule has 0 bridgehead atoms. The van der Waals surface area contributed by atoms with Crippen molar-refractivity contribution in [3.63, 3.8) is 0 Å². The molecule has 0 aromatic heterocycles. The molecule has 1 nitrogen and oxygen atoms in total. The van der Waals surface area contributed by atoms with Crippen molar-refractivity contribution in [1.29, 1.82) is 0 Å². The van der Waals surface area contributed by atoms with Gasteiger partial charge in [0.25, 0.3) is 0 Å². The largest absolute Gasteiger partial charge is 0.299 e. The van der Waals surface area contributed by atoms with E-state index in [-0.39, 0.29) is 5.41 Å². The minimum absolute atomic E-state index is 0.0996. The quantitative estimate of drug-likeness (QED) is 0.698. The maximum absolute atomic E-state index is 12.5. The molecule has 0 N–H and O–H groups in total. The van der Waals surface area contributed by atoms with E-state index in [2.05, 4.69) is 6.58 Å². The van der Waals surface area contributed by atoms with Gasteiger partial charge in [-0.15, -0.1) is 6.58 Å². The second kappa shape index (κ2) is 5.31. The summed E-state index contributed by atoms with van der Waals surface area (Å²) in [5, 5.41) is 0. The fraction of sp³-hybridized carbons (Fsp3) is 0.438. The predicted molar refractivity (Wildman–Crippen MR) is 70.9 cm³/mol. The topological polar surface area (TPSA) is 17.1 Å². The molecule has 1 aromatic carbocycles. The molecule has 0 heterocycles. The Kier molecular flexibility index (Phi) is 3.78. The molecule has 1 saturated carbocycles. The van der Waals surface area contributed by atoms with Crippen LogP contribution in [-0.4, -0.2) is 5.78 Å². The Labute approximate surface area is 104 Å². The number of benzene rings is 1. The highest BCUT2D eigenvalue weighted by molar-refractivity contribution is 5.87. The fourth-order valence-electron chi connectivity index (χ4n) is 2.89. The second-order valence-corrected chi connectivity index (χ2v) is 5.07. The lowest BCUT2D eigenvalue weighted by Gasteiger charge is -2.26. The number of Topliss-reactive ketones (excluding diaryl/α,β-unsaturated/α-hetero) is 1. The summed E-state index contributed by atoms with van der Waals surface area (Å²) < 4.78 is 0. The van der Waals surface area contributed by atoms with Gasteiger partial charge in [-0.05, 0) is 24.8 Å².